The SMILES string of the molecule is Cc1ccccc1[C@H]1CN(CCCC(=O)O)[C@@H](C)CO1. The standard InChI is InChI=1S/C16H23NO3/c1-12-6-3-4-7-14(12)15-10-17(13(2)11-20-15)9-5-8-16(18)19/h3-4,6-7,13,15H,5,8-11H2,1-2H3,(H,18,19)/t13-,15+/m0/s1. The summed E-state index contributed by atoms with van der Waals surface area (Å²) in [5, 5.41) is 8.73. The second-order valence-electron chi connectivity index (χ2n) is 5.52. The number of hydrogen-bond donors (Lipinski definition) is 1. The van der Waals surface area contributed by atoms with Crippen LogP contribution < -0.4 is 0 Å². The van der Waals surface area contributed by atoms with Crippen molar-refractivity contribution >= 4 is 5.97 Å². The highest BCUT2D eigenvalue weighted by Gasteiger charge is 2.27. The van der Waals surface area contributed by atoms with Crippen molar-refractivity contribution in [2.75, 3.05) is 19.7 Å². The quantitative estimate of drug-likeness (QED) is 0.899. The van der Waals surface area contributed by atoms with E-state index >= 15 is 0 Å². The summed E-state index contributed by atoms with van der Waals surface area (Å²) in [6.07, 6.45) is 1.02. The number of aliphatic carboxylic acids is 1. The molecule has 1 fully saturated rings. The van der Waals surface area contributed by atoms with E-state index in [0.29, 0.717) is 19.1 Å². The maximum absolute atomic E-state index is 10.6. The van der Waals surface area contributed by atoms with Crippen LogP contribution in [0.1, 0.15) is 37.0 Å². The summed E-state index contributed by atoms with van der Waals surface area (Å²) < 4.78 is 5.96. The van der Waals surface area contributed by atoms with E-state index in [4.69, 9.17) is 9.84 Å². The fourth-order valence-electron chi connectivity index (χ4n) is 2.69. The van der Waals surface area contributed by atoms with Gasteiger partial charge in [0.2, 0.25) is 0 Å². The predicted molar refractivity (Wildman–Crippen MR) is 77.8 cm³/mol. The minimum Gasteiger partial charge on any atom is -0.481 e. The molecule has 4 heteroatoms. The molecule has 0 amide bonds. The summed E-state index contributed by atoms with van der Waals surface area (Å²) in [4.78, 5) is 12.9. The Kier molecular flexibility index (Phi) is 5.15. The zero-order valence-corrected chi connectivity index (χ0v) is 12.2. The first-order chi connectivity index (χ1) is 9.58. The average molecular weight is 277 g/mol. The van der Waals surface area contributed by atoms with E-state index < -0.39 is 5.97 Å². The van der Waals surface area contributed by atoms with Gasteiger partial charge >= 0.3 is 5.97 Å². The lowest BCUT2D eigenvalue weighted by Gasteiger charge is -2.38. The van der Waals surface area contributed by atoms with Crippen LogP contribution >= 0.6 is 0 Å². The molecule has 1 aliphatic rings. The Morgan fingerprint density at radius 1 is 1.45 bits per heavy atom. The molecule has 1 saturated heterocycles. The Balaban J connectivity index is 1.97. The Morgan fingerprint density at radius 3 is 2.90 bits per heavy atom. The van der Waals surface area contributed by atoms with Crippen molar-refractivity contribution in [3.05, 3.63) is 35.4 Å². The van der Waals surface area contributed by atoms with Gasteiger partial charge in [0.05, 0.1) is 12.7 Å². The molecule has 1 aromatic rings. The van der Waals surface area contributed by atoms with Gasteiger partial charge < -0.3 is 9.84 Å². The molecule has 2 rings (SSSR count). The number of ether oxygens (including phenoxy) is 1. The molecule has 0 aromatic heterocycles. The van der Waals surface area contributed by atoms with Crippen LogP contribution in [0.5, 0.6) is 0 Å². The molecule has 1 heterocycles. The number of morpholine rings is 1. The van der Waals surface area contributed by atoms with Crippen LogP contribution in [-0.2, 0) is 9.53 Å². The lowest BCUT2D eigenvalue weighted by Crippen LogP contribution is -2.45. The Morgan fingerprint density at radius 2 is 2.20 bits per heavy atom. The largest absolute Gasteiger partial charge is 0.481 e. The molecule has 0 spiro atoms. The Labute approximate surface area is 120 Å². The van der Waals surface area contributed by atoms with Crippen molar-refractivity contribution in [2.24, 2.45) is 0 Å². The second kappa shape index (κ2) is 6.86. The highest BCUT2D eigenvalue weighted by Crippen LogP contribution is 2.27. The van der Waals surface area contributed by atoms with Gasteiger partial charge in [0.1, 0.15) is 0 Å². The molecule has 0 aliphatic carbocycles. The predicted octanol–water partition coefficient (Wildman–Crippen LogP) is 2.62. The highest BCUT2D eigenvalue weighted by atomic mass is 16.5. The van der Waals surface area contributed by atoms with Crippen LogP contribution in [0.4, 0.5) is 0 Å². The van der Waals surface area contributed by atoms with E-state index in [1.54, 1.807) is 0 Å². The summed E-state index contributed by atoms with van der Waals surface area (Å²) in [6, 6.07) is 8.65. The molecule has 1 aliphatic heterocycles. The highest BCUT2D eigenvalue weighted by molar-refractivity contribution is 5.66. The zero-order valence-electron chi connectivity index (χ0n) is 12.2. The molecule has 0 bridgehead atoms. The number of carboxylic acid groups (broad SMARTS) is 1. The molecular formula is C16H23NO3. The van der Waals surface area contributed by atoms with Crippen molar-refractivity contribution in [3.63, 3.8) is 0 Å². The lowest BCUT2D eigenvalue weighted by atomic mass is 10.0. The average Bonchev–Trinajstić information content (AvgIpc) is 2.41. The van der Waals surface area contributed by atoms with Gasteiger partial charge in [-0.1, -0.05) is 24.3 Å². The number of carboxylic acids is 1. The summed E-state index contributed by atoms with van der Waals surface area (Å²) in [6.45, 7) is 6.59. The Bertz CT molecular complexity index is 461. The third-order valence-corrected chi connectivity index (χ3v) is 3.93. The van der Waals surface area contributed by atoms with E-state index in [1.807, 2.05) is 12.1 Å². The lowest BCUT2D eigenvalue weighted by molar-refractivity contribution is -0.137. The van der Waals surface area contributed by atoms with Crippen molar-refractivity contribution < 1.29 is 14.6 Å². The van der Waals surface area contributed by atoms with Gasteiger partial charge in [0, 0.05) is 19.0 Å². The molecular weight excluding hydrogens is 254 g/mol. The van der Waals surface area contributed by atoms with Crippen molar-refractivity contribution in [1.29, 1.82) is 0 Å². The molecule has 1 aromatic carbocycles. The van der Waals surface area contributed by atoms with Crippen molar-refractivity contribution in [1.82, 2.24) is 4.90 Å². The van der Waals surface area contributed by atoms with Crippen LogP contribution in [0.2, 0.25) is 0 Å². The van der Waals surface area contributed by atoms with Crippen LogP contribution in [0.15, 0.2) is 24.3 Å². The fourth-order valence-corrected chi connectivity index (χ4v) is 2.69. The van der Waals surface area contributed by atoms with Gasteiger partial charge in [-0.05, 0) is 37.9 Å². The molecule has 1 N–H and O–H groups in total. The minimum absolute atomic E-state index is 0.0947. The number of rotatable bonds is 5. The van der Waals surface area contributed by atoms with E-state index in [2.05, 4.69) is 30.9 Å². The van der Waals surface area contributed by atoms with Crippen LogP contribution in [0.3, 0.4) is 0 Å². The van der Waals surface area contributed by atoms with Crippen LogP contribution in [0, 0.1) is 6.92 Å². The third kappa shape index (κ3) is 3.81. The van der Waals surface area contributed by atoms with E-state index in [9.17, 15) is 4.79 Å². The topological polar surface area (TPSA) is 49.8 Å². The van der Waals surface area contributed by atoms with Gasteiger partial charge in [0.25, 0.3) is 0 Å². The number of nitrogens with zero attached hydrogens (tertiary/aromatic N) is 1. The van der Waals surface area contributed by atoms with Crippen molar-refractivity contribution in [3.8, 4) is 0 Å². The van der Waals surface area contributed by atoms with Crippen LogP contribution in [0.25, 0.3) is 0 Å². The molecule has 20 heavy (non-hydrogen) atoms. The first kappa shape index (κ1) is 15.0. The molecule has 0 radical (unpaired) electrons. The fraction of sp³-hybridized carbons (Fsp3) is 0.562. The van der Waals surface area contributed by atoms with E-state index in [1.165, 1.54) is 11.1 Å². The monoisotopic (exact) mass is 277 g/mol. The molecule has 0 saturated carbocycles. The first-order valence-corrected chi connectivity index (χ1v) is 7.21. The number of benzene rings is 1. The first-order valence-electron chi connectivity index (χ1n) is 7.21. The maximum Gasteiger partial charge on any atom is 0.303 e. The molecule has 2 atom stereocenters. The maximum atomic E-state index is 10.6. The summed E-state index contributed by atoms with van der Waals surface area (Å²) in [5.74, 6) is -0.721. The zero-order chi connectivity index (χ0) is 14.5. The van der Waals surface area contributed by atoms with Gasteiger partial charge in [-0.15, -0.1) is 0 Å². The summed E-state index contributed by atoms with van der Waals surface area (Å²) in [5.41, 5.74) is 2.49. The second-order valence-corrected chi connectivity index (χ2v) is 5.52. The van der Waals surface area contributed by atoms with Crippen molar-refractivity contribution in [2.45, 2.75) is 38.8 Å². The summed E-state index contributed by atoms with van der Waals surface area (Å²) >= 11 is 0. The normalized spacial score (nSPS) is 23.7. The van der Waals surface area contributed by atoms with Crippen LogP contribution in [-0.4, -0.2) is 41.7 Å². The van der Waals surface area contributed by atoms with E-state index in [0.717, 1.165) is 13.1 Å². The van der Waals surface area contributed by atoms with Gasteiger partial charge in [0.15, 0.2) is 0 Å². The smallest absolute Gasteiger partial charge is 0.303 e. The third-order valence-electron chi connectivity index (χ3n) is 3.93. The Hall–Kier alpha value is -1.39. The summed E-state index contributed by atoms with van der Waals surface area (Å²) in [7, 11) is 0. The van der Waals surface area contributed by atoms with Gasteiger partial charge in [-0.2, -0.15) is 0 Å². The minimum atomic E-state index is -0.721. The number of aryl methyl sites for hydroxylation is 1. The van der Waals surface area contributed by atoms with Gasteiger partial charge in [-0.25, -0.2) is 0 Å². The molecule has 4 nitrogen and oxygen atoms in total. The number of hydrogen-bond acceptors (Lipinski definition) is 3. The van der Waals surface area contributed by atoms with E-state index in [-0.39, 0.29) is 12.5 Å². The van der Waals surface area contributed by atoms with Gasteiger partial charge in [-0.3, -0.25) is 9.69 Å². The number of carbonyl (C=O) groups is 1. The molecule has 110 valence electrons. The molecule has 0 unspecified atom stereocenters.